The Morgan fingerprint density at radius 2 is 2.33 bits per heavy atom. The first kappa shape index (κ1) is 14.3. The molecular formula is C11H13BrN4O2. The summed E-state index contributed by atoms with van der Waals surface area (Å²) in [5.41, 5.74) is 0.124. The molecule has 0 atom stereocenters. The van der Waals surface area contributed by atoms with E-state index in [0.29, 0.717) is 10.2 Å². The van der Waals surface area contributed by atoms with E-state index in [1.807, 2.05) is 0 Å². The van der Waals surface area contributed by atoms with Crippen LogP contribution in [0, 0.1) is 12.3 Å². The number of nitrogens with zero attached hydrogens (tertiary/aromatic N) is 3. The molecule has 1 rings (SSSR count). The Kier molecular flexibility index (Phi) is 4.92. The third-order valence-corrected chi connectivity index (χ3v) is 2.92. The van der Waals surface area contributed by atoms with Crippen LogP contribution in [-0.2, 0) is 11.3 Å². The van der Waals surface area contributed by atoms with Crippen LogP contribution in [-0.4, -0.2) is 41.2 Å². The lowest BCUT2D eigenvalue weighted by atomic mass is 10.4. The van der Waals surface area contributed by atoms with Crippen LogP contribution >= 0.6 is 15.9 Å². The SMILES string of the molecule is C#CCn1ncc(NCC(=O)N(C)C)c(Br)c1=O. The molecule has 0 spiro atoms. The van der Waals surface area contributed by atoms with Gasteiger partial charge in [-0.3, -0.25) is 9.59 Å². The molecule has 0 saturated heterocycles. The first-order valence-electron chi connectivity index (χ1n) is 5.10. The van der Waals surface area contributed by atoms with Gasteiger partial charge in [-0.2, -0.15) is 5.10 Å². The molecule has 0 aromatic carbocycles. The number of hydrogen-bond acceptors (Lipinski definition) is 4. The number of halogens is 1. The van der Waals surface area contributed by atoms with Crippen molar-refractivity contribution in [1.29, 1.82) is 0 Å². The third kappa shape index (κ3) is 3.34. The summed E-state index contributed by atoms with van der Waals surface area (Å²) in [6, 6.07) is 0. The first-order valence-corrected chi connectivity index (χ1v) is 5.89. The molecule has 0 radical (unpaired) electrons. The van der Waals surface area contributed by atoms with Crippen LogP contribution < -0.4 is 10.9 Å². The number of carbonyl (C=O) groups is 1. The van der Waals surface area contributed by atoms with E-state index in [2.05, 4.69) is 32.3 Å². The zero-order valence-electron chi connectivity index (χ0n) is 10.1. The molecule has 96 valence electrons. The van der Waals surface area contributed by atoms with E-state index in [4.69, 9.17) is 6.42 Å². The summed E-state index contributed by atoms with van der Waals surface area (Å²) in [5, 5.41) is 6.73. The zero-order valence-corrected chi connectivity index (χ0v) is 11.7. The maximum atomic E-state index is 11.8. The summed E-state index contributed by atoms with van der Waals surface area (Å²) in [7, 11) is 3.31. The number of nitrogens with one attached hydrogen (secondary N) is 1. The van der Waals surface area contributed by atoms with Crippen molar-refractivity contribution in [3.63, 3.8) is 0 Å². The fraction of sp³-hybridized carbons (Fsp3) is 0.364. The molecule has 0 bridgehead atoms. The number of terminal acetylenes is 1. The Morgan fingerprint density at radius 1 is 1.67 bits per heavy atom. The van der Waals surface area contributed by atoms with E-state index >= 15 is 0 Å². The van der Waals surface area contributed by atoms with Gasteiger partial charge in [0.05, 0.1) is 18.4 Å². The Bertz CT molecular complexity index is 545. The summed E-state index contributed by atoms with van der Waals surface area (Å²) in [6.07, 6.45) is 6.57. The normalized spacial score (nSPS) is 9.67. The van der Waals surface area contributed by atoms with Gasteiger partial charge in [0.2, 0.25) is 5.91 Å². The number of likely N-dealkylation sites (N-methyl/N-ethyl adjacent to an activating group) is 1. The van der Waals surface area contributed by atoms with Crippen molar-refractivity contribution in [2.24, 2.45) is 0 Å². The fourth-order valence-electron chi connectivity index (χ4n) is 1.12. The smallest absolute Gasteiger partial charge is 0.284 e. The van der Waals surface area contributed by atoms with Crippen LogP contribution in [0.3, 0.4) is 0 Å². The highest BCUT2D eigenvalue weighted by atomic mass is 79.9. The van der Waals surface area contributed by atoms with Crippen molar-refractivity contribution < 1.29 is 4.79 Å². The molecule has 0 fully saturated rings. The monoisotopic (exact) mass is 312 g/mol. The van der Waals surface area contributed by atoms with Crippen LogP contribution in [0.1, 0.15) is 0 Å². The maximum absolute atomic E-state index is 11.8. The number of amides is 1. The molecule has 1 heterocycles. The molecule has 18 heavy (non-hydrogen) atoms. The second-order valence-electron chi connectivity index (χ2n) is 3.68. The minimum atomic E-state index is -0.338. The summed E-state index contributed by atoms with van der Waals surface area (Å²) in [4.78, 5) is 24.6. The topological polar surface area (TPSA) is 67.2 Å². The van der Waals surface area contributed by atoms with Gasteiger partial charge in [-0.15, -0.1) is 6.42 Å². The Hall–Kier alpha value is -1.81. The lowest BCUT2D eigenvalue weighted by molar-refractivity contribution is -0.126. The van der Waals surface area contributed by atoms with Crippen molar-refractivity contribution in [2.45, 2.75) is 6.54 Å². The number of rotatable bonds is 4. The predicted molar refractivity (Wildman–Crippen MR) is 72.2 cm³/mol. The Labute approximate surface area is 113 Å². The molecule has 1 aromatic heterocycles. The van der Waals surface area contributed by atoms with Crippen LogP contribution in [0.15, 0.2) is 15.5 Å². The zero-order chi connectivity index (χ0) is 13.7. The minimum absolute atomic E-state index is 0.0892. The average Bonchev–Trinajstić information content (AvgIpc) is 2.33. The summed E-state index contributed by atoms with van der Waals surface area (Å²) in [6.45, 7) is 0.195. The van der Waals surface area contributed by atoms with Gasteiger partial charge in [0.1, 0.15) is 11.0 Å². The first-order chi connectivity index (χ1) is 8.47. The van der Waals surface area contributed by atoms with Gasteiger partial charge in [0.15, 0.2) is 0 Å². The van der Waals surface area contributed by atoms with Crippen molar-refractivity contribution in [3.8, 4) is 12.3 Å². The largest absolute Gasteiger partial charge is 0.374 e. The minimum Gasteiger partial charge on any atom is -0.374 e. The average molecular weight is 313 g/mol. The summed E-state index contributed by atoms with van der Waals surface area (Å²) in [5.74, 6) is 2.23. The lowest BCUT2D eigenvalue weighted by Crippen LogP contribution is -2.30. The van der Waals surface area contributed by atoms with Crippen LogP contribution in [0.2, 0.25) is 0 Å². The molecule has 1 aromatic rings. The van der Waals surface area contributed by atoms with Gasteiger partial charge in [0.25, 0.3) is 5.56 Å². The molecule has 6 nitrogen and oxygen atoms in total. The van der Waals surface area contributed by atoms with Crippen molar-refractivity contribution in [3.05, 3.63) is 21.0 Å². The highest BCUT2D eigenvalue weighted by molar-refractivity contribution is 9.10. The molecule has 0 aliphatic heterocycles. The van der Waals surface area contributed by atoms with Gasteiger partial charge in [0, 0.05) is 14.1 Å². The molecule has 0 aliphatic carbocycles. The standard InChI is InChI=1S/C11H13BrN4O2/c1-4-5-16-11(18)10(12)8(6-14-16)13-7-9(17)15(2)3/h1,6,13H,5,7H2,2-3H3. The molecule has 1 N–H and O–H groups in total. The highest BCUT2D eigenvalue weighted by Crippen LogP contribution is 2.15. The third-order valence-electron chi connectivity index (χ3n) is 2.15. The Balaban J connectivity index is 2.87. The number of anilines is 1. The molecule has 0 saturated carbocycles. The van der Waals surface area contributed by atoms with Gasteiger partial charge in [-0.1, -0.05) is 5.92 Å². The second-order valence-corrected chi connectivity index (χ2v) is 4.47. The maximum Gasteiger partial charge on any atom is 0.284 e. The van der Waals surface area contributed by atoms with Crippen LogP contribution in [0.25, 0.3) is 0 Å². The highest BCUT2D eigenvalue weighted by Gasteiger charge is 2.10. The van der Waals surface area contributed by atoms with Crippen molar-refractivity contribution in [2.75, 3.05) is 26.0 Å². The molecular weight excluding hydrogens is 300 g/mol. The van der Waals surface area contributed by atoms with E-state index in [9.17, 15) is 9.59 Å². The van der Waals surface area contributed by atoms with Crippen LogP contribution in [0.4, 0.5) is 5.69 Å². The number of carbonyl (C=O) groups excluding carboxylic acids is 1. The van der Waals surface area contributed by atoms with Gasteiger partial charge < -0.3 is 10.2 Å². The van der Waals surface area contributed by atoms with E-state index in [-0.39, 0.29) is 24.6 Å². The predicted octanol–water partition coefficient (Wildman–Crippen LogP) is 0.139. The van der Waals surface area contributed by atoms with E-state index in [0.717, 1.165) is 4.68 Å². The summed E-state index contributed by atoms with van der Waals surface area (Å²) < 4.78 is 1.46. The second kappa shape index (κ2) is 6.21. The van der Waals surface area contributed by atoms with Crippen LogP contribution in [0.5, 0.6) is 0 Å². The van der Waals surface area contributed by atoms with Gasteiger partial charge in [-0.25, -0.2) is 4.68 Å². The molecule has 0 aliphatic rings. The fourth-order valence-corrected chi connectivity index (χ4v) is 1.56. The van der Waals surface area contributed by atoms with Gasteiger partial charge >= 0.3 is 0 Å². The molecule has 0 unspecified atom stereocenters. The quantitative estimate of drug-likeness (QED) is 0.803. The number of hydrogen-bond donors (Lipinski definition) is 1. The van der Waals surface area contributed by atoms with E-state index in [1.165, 1.54) is 11.1 Å². The van der Waals surface area contributed by atoms with E-state index < -0.39 is 0 Å². The van der Waals surface area contributed by atoms with Gasteiger partial charge in [-0.05, 0) is 15.9 Å². The lowest BCUT2D eigenvalue weighted by Gasteiger charge is -2.12. The number of aromatic nitrogens is 2. The van der Waals surface area contributed by atoms with Crippen molar-refractivity contribution in [1.82, 2.24) is 14.7 Å². The Morgan fingerprint density at radius 3 is 2.89 bits per heavy atom. The molecule has 7 heteroatoms. The summed E-state index contributed by atoms with van der Waals surface area (Å²) >= 11 is 3.16. The van der Waals surface area contributed by atoms with E-state index in [1.54, 1.807) is 14.1 Å². The molecule has 1 amide bonds. The van der Waals surface area contributed by atoms with Crippen molar-refractivity contribution >= 4 is 27.5 Å².